The summed E-state index contributed by atoms with van der Waals surface area (Å²) in [6.07, 6.45) is 5.84. The van der Waals surface area contributed by atoms with E-state index < -0.39 is 12.8 Å². The number of carbonyl (C=O) groups excluding carboxylic acids is 1. The van der Waals surface area contributed by atoms with E-state index in [4.69, 9.17) is 4.74 Å². The van der Waals surface area contributed by atoms with Gasteiger partial charge in [-0.15, -0.1) is 11.3 Å². The molecule has 2 aromatic heterocycles. The van der Waals surface area contributed by atoms with E-state index in [0.717, 1.165) is 80.1 Å². The van der Waals surface area contributed by atoms with Crippen LogP contribution in [0.2, 0.25) is 0 Å². The lowest BCUT2D eigenvalue weighted by molar-refractivity contribution is -0.154. The van der Waals surface area contributed by atoms with Crippen molar-refractivity contribution >= 4 is 23.3 Å². The zero-order valence-corrected chi connectivity index (χ0v) is 21.3. The summed E-state index contributed by atoms with van der Waals surface area (Å²) in [7, 11) is 0. The fourth-order valence-corrected chi connectivity index (χ4v) is 5.48. The Morgan fingerprint density at radius 3 is 2.69 bits per heavy atom. The van der Waals surface area contributed by atoms with Gasteiger partial charge in [-0.25, -0.2) is 9.97 Å². The molecule has 0 saturated heterocycles. The molecule has 2 aromatic rings. The van der Waals surface area contributed by atoms with E-state index in [1.54, 1.807) is 23.5 Å². The molecular weight excluding hydrogens is 489 g/mol. The highest BCUT2D eigenvalue weighted by Gasteiger charge is 2.29. The lowest BCUT2D eigenvalue weighted by Crippen LogP contribution is -2.37. The summed E-state index contributed by atoms with van der Waals surface area (Å²) in [6.45, 7) is 3.40. The Balaban J connectivity index is 1.15. The van der Waals surface area contributed by atoms with Crippen LogP contribution in [0.1, 0.15) is 54.1 Å². The van der Waals surface area contributed by atoms with Crippen molar-refractivity contribution in [1.29, 1.82) is 0 Å². The number of aromatic nitrogens is 2. The molecule has 4 rings (SSSR count). The van der Waals surface area contributed by atoms with Crippen LogP contribution in [0.15, 0.2) is 23.6 Å². The van der Waals surface area contributed by atoms with Crippen LogP contribution >= 0.6 is 11.3 Å². The molecule has 0 atom stereocenters. The summed E-state index contributed by atoms with van der Waals surface area (Å²) in [5, 5.41) is 6.05. The number of rotatable bonds is 8. The number of hydrogen-bond donors (Lipinski definition) is 1. The first-order valence-electron chi connectivity index (χ1n) is 12.5. The minimum Gasteiger partial charge on any atom is -0.468 e. The Kier molecular flexibility index (Phi) is 9.00. The number of thiazole rings is 1. The zero-order chi connectivity index (χ0) is 25.5. The number of pyridine rings is 1. The smallest absolute Gasteiger partial charge is 0.422 e. The standard InChI is InChI=1S/C26H33F3N4O2S/c1-18-30-22(16-36-18)7-8-24(34)31-21-5-2-19(3-6-21)10-13-33-14-11-20-4-9-25(32-23(20)12-15-33)35-17-26(27,28)29/h4,7-9,16,19,21H,2-3,5-6,10-15,17H2,1H3,(H,31,34)/b8-7+. The van der Waals surface area contributed by atoms with Crippen LogP contribution in [0.5, 0.6) is 5.88 Å². The highest BCUT2D eigenvalue weighted by atomic mass is 32.1. The van der Waals surface area contributed by atoms with Crippen molar-refractivity contribution in [2.75, 3.05) is 26.2 Å². The van der Waals surface area contributed by atoms with Crippen molar-refractivity contribution in [2.24, 2.45) is 5.92 Å². The second kappa shape index (κ2) is 12.2. The molecule has 0 radical (unpaired) electrons. The van der Waals surface area contributed by atoms with Crippen LogP contribution < -0.4 is 10.1 Å². The van der Waals surface area contributed by atoms with Crippen molar-refractivity contribution in [3.05, 3.63) is 45.5 Å². The molecule has 6 nitrogen and oxygen atoms in total. The molecule has 0 bridgehead atoms. The summed E-state index contributed by atoms with van der Waals surface area (Å²) in [5.74, 6) is 0.628. The number of hydrogen-bond acceptors (Lipinski definition) is 6. The lowest BCUT2D eigenvalue weighted by Gasteiger charge is -2.30. The number of halogens is 3. The van der Waals surface area contributed by atoms with Crippen LogP contribution in [-0.2, 0) is 17.6 Å². The van der Waals surface area contributed by atoms with Crippen molar-refractivity contribution in [2.45, 2.75) is 64.1 Å². The summed E-state index contributed by atoms with van der Waals surface area (Å²) in [4.78, 5) is 23.3. The molecule has 3 heterocycles. The van der Waals surface area contributed by atoms with Gasteiger partial charge in [0.25, 0.3) is 0 Å². The average Bonchev–Trinajstić information content (AvgIpc) is 3.15. The monoisotopic (exact) mass is 522 g/mol. The molecule has 0 unspecified atom stereocenters. The van der Waals surface area contributed by atoms with Crippen molar-refractivity contribution < 1.29 is 22.7 Å². The van der Waals surface area contributed by atoms with Crippen LogP contribution in [0.4, 0.5) is 13.2 Å². The molecular formula is C26H33F3N4O2S. The van der Waals surface area contributed by atoms with Gasteiger partial charge in [-0.3, -0.25) is 4.79 Å². The Labute approximate surface area is 214 Å². The molecule has 1 N–H and O–H groups in total. The predicted octanol–water partition coefficient (Wildman–Crippen LogP) is 4.97. The third-order valence-electron chi connectivity index (χ3n) is 6.88. The predicted molar refractivity (Wildman–Crippen MR) is 134 cm³/mol. The summed E-state index contributed by atoms with van der Waals surface area (Å²) >= 11 is 1.57. The minimum absolute atomic E-state index is 0.0390. The molecule has 1 aliphatic carbocycles. The molecule has 0 spiro atoms. The van der Waals surface area contributed by atoms with Crippen molar-refractivity contribution in [3.63, 3.8) is 0 Å². The van der Waals surface area contributed by atoms with Crippen LogP contribution in [-0.4, -0.2) is 59.2 Å². The van der Waals surface area contributed by atoms with Gasteiger partial charge in [-0.1, -0.05) is 6.07 Å². The van der Waals surface area contributed by atoms with Gasteiger partial charge < -0.3 is 15.0 Å². The highest BCUT2D eigenvalue weighted by molar-refractivity contribution is 7.09. The number of aryl methyl sites for hydroxylation is 1. The van der Waals surface area contributed by atoms with Crippen LogP contribution in [0.25, 0.3) is 6.08 Å². The number of carbonyl (C=O) groups is 1. The lowest BCUT2D eigenvalue weighted by atomic mass is 9.84. The van der Waals surface area contributed by atoms with Gasteiger partial charge in [-0.2, -0.15) is 13.2 Å². The molecule has 1 amide bonds. The van der Waals surface area contributed by atoms with Crippen molar-refractivity contribution in [1.82, 2.24) is 20.2 Å². The van der Waals surface area contributed by atoms with E-state index in [0.29, 0.717) is 12.3 Å². The quantitative estimate of drug-likeness (QED) is 0.496. The largest absolute Gasteiger partial charge is 0.468 e. The Morgan fingerprint density at radius 1 is 1.19 bits per heavy atom. The van der Waals surface area contributed by atoms with Gasteiger partial charge in [0.2, 0.25) is 11.8 Å². The van der Waals surface area contributed by atoms with Crippen LogP contribution in [0, 0.1) is 12.8 Å². The number of fused-ring (bicyclic) bond motifs is 1. The molecule has 2 aliphatic rings. The van der Waals surface area contributed by atoms with E-state index in [9.17, 15) is 18.0 Å². The summed E-state index contributed by atoms with van der Waals surface area (Å²) < 4.78 is 42.1. The average molecular weight is 523 g/mol. The highest BCUT2D eigenvalue weighted by Crippen LogP contribution is 2.28. The number of amides is 1. The third-order valence-corrected chi connectivity index (χ3v) is 7.67. The number of nitrogens with zero attached hydrogens (tertiary/aromatic N) is 3. The van der Waals surface area contributed by atoms with Crippen molar-refractivity contribution in [3.8, 4) is 5.88 Å². The maximum atomic E-state index is 12.4. The summed E-state index contributed by atoms with van der Waals surface area (Å²) in [5.41, 5.74) is 2.75. The first kappa shape index (κ1) is 26.6. The molecule has 1 fully saturated rings. The topological polar surface area (TPSA) is 67.4 Å². The Morgan fingerprint density at radius 2 is 1.97 bits per heavy atom. The Bertz CT molecular complexity index is 1050. The third kappa shape index (κ3) is 8.30. The second-order valence-electron chi connectivity index (χ2n) is 9.64. The van der Waals surface area contributed by atoms with Gasteiger partial charge >= 0.3 is 6.18 Å². The van der Waals surface area contributed by atoms with E-state index >= 15 is 0 Å². The van der Waals surface area contributed by atoms with E-state index in [2.05, 4.69) is 20.2 Å². The Hall–Kier alpha value is -2.46. The van der Waals surface area contributed by atoms with Gasteiger partial charge in [0.15, 0.2) is 6.61 Å². The first-order chi connectivity index (χ1) is 17.2. The molecule has 1 saturated carbocycles. The number of nitrogens with one attached hydrogen (secondary N) is 1. The van der Waals surface area contributed by atoms with Gasteiger partial charge in [0.05, 0.1) is 10.7 Å². The fourth-order valence-electron chi connectivity index (χ4n) is 4.90. The maximum absolute atomic E-state index is 12.4. The number of ether oxygens (including phenoxy) is 1. The van der Waals surface area contributed by atoms with Gasteiger partial charge in [0.1, 0.15) is 0 Å². The SMILES string of the molecule is Cc1nc(/C=C/C(=O)NC2CCC(CCN3CCc4ccc(OCC(F)(F)F)nc4CC3)CC2)cs1. The second-order valence-corrected chi connectivity index (χ2v) is 10.7. The number of alkyl halides is 3. The molecule has 10 heteroatoms. The van der Waals surface area contributed by atoms with E-state index in [-0.39, 0.29) is 17.8 Å². The van der Waals surface area contributed by atoms with E-state index in [1.165, 1.54) is 6.07 Å². The maximum Gasteiger partial charge on any atom is 0.422 e. The van der Waals surface area contributed by atoms with Gasteiger partial charge in [-0.05, 0) is 69.6 Å². The molecule has 0 aromatic carbocycles. The fraction of sp³-hybridized carbons (Fsp3) is 0.577. The normalized spacial score (nSPS) is 21.2. The van der Waals surface area contributed by atoms with Gasteiger partial charge in [0, 0.05) is 48.8 Å². The van der Waals surface area contributed by atoms with Crippen LogP contribution in [0.3, 0.4) is 0 Å². The van der Waals surface area contributed by atoms with E-state index in [1.807, 2.05) is 18.4 Å². The molecule has 36 heavy (non-hydrogen) atoms. The summed E-state index contributed by atoms with van der Waals surface area (Å²) in [6, 6.07) is 3.61. The minimum atomic E-state index is -4.37. The first-order valence-corrected chi connectivity index (χ1v) is 13.4. The molecule has 1 aliphatic heterocycles. The zero-order valence-electron chi connectivity index (χ0n) is 20.5. The molecule has 196 valence electrons.